The van der Waals surface area contributed by atoms with Crippen LogP contribution in [-0.2, 0) is 13.6 Å². The molecule has 94 valence electrons. The van der Waals surface area contributed by atoms with Gasteiger partial charge in [0.25, 0.3) is 0 Å². The summed E-state index contributed by atoms with van der Waals surface area (Å²) in [6.45, 7) is 17.8. The standard InChI is InChI=1S/C11H24O3Si2/c1-7-9-13-15(3,4)16(5,6)14-11-10-12-8-2/h7-8H,1-2,9-11H2,3-6H3. The van der Waals surface area contributed by atoms with E-state index in [1.807, 2.05) is 0 Å². The highest BCUT2D eigenvalue weighted by atomic mass is 29.3. The number of hydrogen-bond donors (Lipinski definition) is 0. The molecule has 0 heterocycles. The van der Waals surface area contributed by atoms with E-state index >= 15 is 0 Å². The summed E-state index contributed by atoms with van der Waals surface area (Å²) < 4.78 is 16.9. The Hall–Kier alpha value is -0.366. The van der Waals surface area contributed by atoms with Crippen molar-refractivity contribution in [3.63, 3.8) is 0 Å². The van der Waals surface area contributed by atoms with Crippen LogP contribution in [0.4, 0.5) is 0 Å². The van der Waals surface area contributed by atoms with Crippen LogP contribution in [0.5, 0.6) is 0 Å². The van der Waals surface area contributed by atoms with Crippen LogP contribution in [0.2, 0.25) is 26.2 Å². The fraction of sp³-hybridized carbons (Fsp3) is 0.636. The fourth-order valence-corrected chi connectivity index (χ4v) is 5.51. The highest BCUT2D eigenvalue weighted by molar-refractivity contribution is 7.35. The lowest BCUT2D eigenvalue weighted by Crippen LogP contribution is -2.59. The molecule has 16 heavy (non-hydrogen) atoms. The Balaban J connectivity index is 4.15. The summed E-state index contributed by atoms with van der Waals surface area (Å²) >= 11 is 0. The Bertz CT molecular complexity index is 227. The molecule has 0 bridgehead atoms. The van der Waals surface area contributed by atoms with E-state index in [2.05, 4.69) is 39.3 Å². The molecule has 5 heteroatoms. The largest absolute Gasteiger partial charge is 0.499 e. The second kappa shape index (κ2) is 7.06. The van der Waals surface area contributed by atoms with Crippen molar-refractivity contribution in [3.05, 3.63) is 25.5 Å². The van der Waals surface area contributed by atoms with E-state index in [0.717, 1.165) is 0 Å². The molecule has 0 saturated heterocycles. The third kappa shape index (κ3) is 5.11. The quantitative estimate of drug-likeness (QED) is 0.276. The molecule has 0 aromatic carbocycles. The fourth-order valence-electron chi connectivity index (χ4n) is 1.04. The minimum Gasteiger partial charge on any atom is -0.499 e. The zero-order valence-corrected chi connectivity index (χ0v) is 12.9. The highest BCUT2D eigenvalue weighted by Gasteiger charge is 2.44. The van der Waals surface area contributed by atoms with Crippen molar-refractivity contribution in [2.45, 2.75) is 26.2 Å². The van der Waals surface area contributed by atoms with Gasteiger partial charge in [-0.25, -0.2) is 0 Å². The van der Waals surface area contributed by atoms with Crippen LogP contribution >= 0.6 is 0 Å². The summed E-state index contributed by atoms with van der Waals surface area (Å²) in [5.41, 5.74) is 0. The van der Waals surface area contributed by atoms with Gasteiger partial charge in [0.2, 0.25) is 15.7 Å². The van der Waals surface area contributed by atoms with Gasteiger partial charge in [-0.1, -0.05) is 12.7 Å². The first-order valence-electron chi connectivity index (χ1n) is 5.48. The van der Waals surface area contributed by atoms with E-state index in [4.69, 9.17) is 13.6 Å². The Morgan fingerprint density at radius 1 is 0.938 bits per heavy atom. The molecule has 0 rings (SSSR count). The molecule has 0 atom stereocenters. The Labute approximate surface area is 101 Å². The lowest BCUT2D eigenvalue weighted by molar-refractivity contribution is 0.176. The molecule has 0 aliphatic rings. The molecule has 0 saturated carbocycles. The van der Waals surface area contributed by atoms with Gasteiger partial charge >= 0.3 is 0 Å². The van der Waals surface area contributed by atoms with Crippen molar-refractivity contribution in [1.29, 1.82) is 0 Å². The topological polar surface area (TPSA) is 27.7 Å². The first kappa shape index (κ1) is 15.6. The lowest BCUT2D eigenvalue weighted by atomic mass is 10.7. The predicted molar refractivity (Wildman–Crippen MR) is 73.2 cm³/mol. The minimum atomic E-state index is -1.76. The smallest absolute Gasteiger partial charge is 0.205 e. The Morgan fingerprint density at radius 2 is 1.50 bits per heavy atom. The molecular formula is C11H24O3Si2. The van der Waals surface area contributed by atoms with Crippen molar-refractivity contribution < 1.29 is 13.6 Å². The lowest BCUT2D eigenvalue weighted by Gasteiger charge is -2.36. The summed E-state index contributed by atoms with van der Waals surface area (Å²) in [4.78, 5) is 0. The number of rotatable bonds is 9. The Kier molecular flexibility index (Phi) is 6.89. The maximum atomic E-state index is 5.96. The zero-order chi connectivity index (χ0) is 12.7. The maximum Gasteiger partial charge on any atom is 0.205 e. The molecule has 0 N–H and O–H groups in total. The van der Waals surface area contributed by atoms with Gasteiger partial charge in [-0.2, -0.15) is 0 Å². The first-order valence-corrected chi connectivity index (χ1v) is 12.3. The maximum absolute atomic E-state index is 5.96. The van der Waals surface area contributed by atoms with Crippen LogP contribution in [0.1, 0.15) is 0 Å². The summed E-state index contributed by atoms with van der Waals surface area (Å²) in [7, 11) is -3.51. The van der Waals surface area contributed by atoms with Gasteiger partial charge < -0.3 is 13.6 Å². The van der Waals surface area contributed by atoms with Gasteiger partial charge in [-0.3, -0.25) is 0 Å². The van der Waals surface area contributed by atoms with Crippen LogP contribution in [0.25, 0.3) is 0 Å². The molecule has 0 fully saturated rings. The summed E-state index contributed by atoms with van der Waals surface area (Å²) in [5, 5.41) is 0. The molecule has 0 spiro atoms. The normalized spacial score (nSPS) is 12.2. The van der Waals surface area contributed by atoms with Gasteiger partial charge in [-0.15, -0.1) is 6.58 Å². The molecule has 0 aliphatic heterocycles. The monoisotopic (exact) mass is 260 g/mol. The van der Waals surface area contributed by atoms with E-state index in [0.29, 0.717) is 19.8 Å². The van der Waals surface area contributed by atoms with Gasteiger partial charge in [0.05, 0.1) is 19.5 Å². The van der Waals surface area contributed by atoms with Crippen molar-refractivity contribution in [2.24, 2.45) is 0 Å². The summed E-state index contributed by atoms with van der Waals surface area (Å²) in [6, 6.07) is 0. The van der Waals surface area contributed by atoms with Gasteiger partial charge in [0, 0.05) is 0 Å². The number of hydrogen-bond acceptors (Lipinski definition) is 3. The molecule has 0 amide bonds. The predicted octanol–water partition coefficient (Wildman–Crippen LogP) is 2.85. The van der Waals surface area contributed by atoms with Crippen LogP contribution in [0, 0.1) is 0 Å². The average Bonchev–Trinajstić information content (AvgIpc) is 2.21. The van der Waals surface area contributed by atoms with Crippen molar-refractivity contribution in [3.8, 4) is 0 Å². The minimum absolute atomic E-state index is 0.561. The van der Waals surface area contributed by atoms with Crippen LogP contribution in [0.15, 0.2) is 25.5 Å². The molecule has 0 aromatic heterocycles. The van der Waals surface area contributed by atoms with E-state index in [1.165, 1.54) is 6.26 Å². The molecular weight excluding hydrogens is 236 g/mol. The van der Waals surface area contributed by atoms with E-state index in [-0.39, 0.29) is 0 Å². The second-order valence-electron chi connectivity index (χ2n) is 4.51. The van der Waals surface area contributed by atoms with Gasteiger partial charge in [-0.05, 0) is 26.2 Å². The zero-order valence-electron chi connectivity index (χ0n) is 10.9. The third-order valence-electron chi connectivity index (χ3n) is 2.79. The highest BCUT2D eigenvalue weighted by Crippen LogP contribution is 2.21. The van der Waals surface area contributed by atoms with Crippen molar-refractivity contribution in [1.82, 2.24) is 0 Å². The van der Waals surface area contributed by atoms with E-state index < -0.39 is 15.7 Å². The molecule has 0 aromatic rings. The molecule has 0 unspecified atom stereocenters. The SMILES string of the molecule is C=CCO[Si](C)(C)[Si](C)(C)OCCOC=C. The van der Waals surface area contributed by atoms with Gasteiger partial charge in [0.15, 0.2) is 0 Å². The van der Waals surface area contributed by atoms with Crippen LogP contribution < -0.4 is 0 Å². The second-order valence-corrected chi connectivity index (χ2v) is 18.3. The Morgan fingerprint density at radius 3 is 2.00 bits per heavy atom. The summed E-state index contributed by atoms with van der Waals surface area (Å²) in [6.07, 6.45) is 3.23. The van der Waals surface area contributed by atoms with Crippen molar-refractivity contribution >= 4 is 15.7 Å². The van der Waals surface area contributed by atoms with E-state index in [9.17, 15) is 0 Å². The number of ether oxygens (including phenoxy) is 1. The molecule has 0 radical (unpaired) electrons. The average molecular weight is 260 g/mol. The third-order valence-corrected chi connectivity index (χ3v) is 17.1. The van der Waals surface area contributed by atoms with Crippen LogP contribution in [0.3, 0.4) is 0 Å². The van der Waals surface area contributed by atoms with Crippen LogP contribution in [-0.4, -0.2) is 35.5 Å². The summed E-state index contributed by atoms with van der Waals surface area (Å²) in [5.74, 6) is 0. The first-order chi connectivity index (χ1) is 7.37. The van der Waals surface area contributed by atoms with Gasteiger partial charge in [0.1, 0.15) is 6.61 Å². The molecule has 3 nitrogen and oxygen atoms in total. The molecule has 0 aliphatic carbocycles. The van der Waals surface area contributed by atoms with E-state index in [1.54, 1.807) is 6.08 Å². The van der Waals surface area contributed by atoms with Crippen molar-refractivity contribution in [2.75, 3.05) is 19.8 Å².